The van der Waals surface area contributed by atoms with Crippen molar-refractivity contribution in [3.05, 3.63) is 69.5 Å². The van der Waals surface area contributed by atoms with E-state index in [4.69, 9.17) is 11.6 Å². The summed E-state index contributed by atoms with van der Waals surface area (Å²) in [5.41, 5.74) is 0.00506. The fourth-order valence-corrected chi connectivity index (χ4v) is 3.15. The molecule has 1 heterocycles. The van der Waals surface area contributed by atoms with Crippen molar-refractivity contribution < 1.29 is 28.8 Å². The zero-order valence-electron chi connectivity index (χ0n) is 14.8. The van der Waals surface area contributed by atoms with E-state index >= 15 is 0 Å². The molecule has 0 N–H and O–H groups in total. The molecular formula is C19H16ClLiN2O3. The fourth-order valence-electron chi connectivity index (χ4n) is 2.89. The second-order valence-corrected chi connectivity index (χ2v) is 5.99. The molecular weight excluding hydrogens is 347 g/mol. The Labute approximate surface area is 168 Å². The Balaban J connectivity index is 0.00000243. The van der Waals surface area contributed by atoms with Gasteiger partial charge in [0.25, 0.3) is 11.5 Å². The zero-order valence-corrected chi connectivity index (χ0v) is 15.6. The minimum atomic E-state index is -0.636. The molecule has 0 spiro atoms. The molecule has 3 aromatic rings. The SMILES string of the molecule is CCN(C(=O)c1c([O-])c2c(Cl)cccc2n(C)c1=O)c1ccccc1.[Li+]. The summed E-state index contributed by atoms with van der Waals surface area (Å²) < 4.78 is 1.29. The second-order valence-electron chi connectivity index (χ2n) is 5.59. The molecule has 3 rings (SSSR count). The number of aryl methyl sites for hydroxylation is 1. The largest absolute Gasteiger partial charge is 1.00 e. The summed E-state index contributed by atoms with van der Waals surface area (Å²) in [4.78, 5) is 27.1. The van der Waals surface area contributed by atoms with E-state index in [1.807, 2.05) is 6.07 Å². The maximum Gasteiger partial charge on any atom is 1.00 e. The molecule has 0 saturated heterocycles. The van der Waals surface area contributed by atoms with Gasteiger partial charge < -0.3 is 14.6 Å². The van der Waals surface area contributed by atoms with Gasteiger partial charge >= 0.3 is 18.9 Å². The van der Waals surface area contributed by atoms with Gasteiger partial charge in [0.2, 0.25) is 0 Å². The number of fused-ring (bicyclic) bond motifs is 1. The van der Waals surface area contributed by atoms with Crippen molar-refractivity contribution in [2.24, 2.45) is 7.05 Å². The van der Waals surface area contributed by atoms with Gasteiger partial charge in [0.1, 0.15) is 0 Å². The van der Waals surface area contributed by atoms with Crippen molar-refractivity contribution in [1.29, 1.82) is 0 Å². The van der Waals surface area contributed by atoms with Crippen molar-refractivity contribution in [3.8, 4) is 5.75 Å². The summed E-state index contributed by atoms with van der Waals surface area (Å²) in [5, 5.41) is 13.3. The topological polar surface area (TPSA) is 65.4 Å². The number of carbonyl (C=O) groups excluding carboxylic acids is 1. The fraction of sp³-hybridized carbons (Fsp3) is 0.158. The van der Waals surface area contributed by atoms with E-state index in [0.717, 1.165) is 0 Å². The van der Waals surface area contributed by atoms with Crippen LogP contribution in [0.15, 0.2) is 53.3 Å². The number of para-hydroxylation sites is 1. The summed E-state index contributed by atoms with van der Waals surface area (Å²) >= 11 is 6.15. The number of amides is 1. The molecule has 1 amide bonds. The number of hydrogen-bond donors (Lipinski definition) is 0. The predicted molar refractivity (Wildman–Crippen MR) is 97.4 cm³/mol. The minimum absolute atomic E-state index is 0. The molecule has 7 heteroatoms. The summed E-state index contributed by atoms with van der Waals surface area (Å²) in [7, 11) is 1.52. The van der Waals surface area contributed by atoms with Crippen molar-refractivity contribution in [2.45, 2.75) is 6.92 Å². The average Bonchev–Trinajstić information content (AvgIpc) is 2.61. The Morgan fingerprint density at radius 3 is 2.42 bits per heavy atom. The van der Waals surface area contributed by atoms with Gasteiger partial charge in [-0.3, -0.25) is 9.59 Å². The van der Waals surface area contributed by atoms with Gasteiger partial charge in [-0.1, -0.05) is 41.6 Å². The Hall–Kier alpha value is -2.19. The summed E-state index contributed by atoms with van der Waals surface area (Å²) in [5.74, 6) is -1.26. The quantitative estimate of drug-likeness (QED) is 0.613. The monoisotopic (exact) mass is 362 g/mol. The van der Waals surface area contributed by atoms with Crippen molar-refractivity contribution >= 4 is 34.1 Å². The smallest absolute Gasteiger partial charge is 0.871 e. The van der Waals surface area contributed by atoms with Gasteiger partial charge in [-0.25, -0.2) is 0 Å². The van der Waals surface area contributed by atoms with E-state index in [0.29, 0.717) is 17.7 Å². The Morgan fingerprint density at radius 1 is 1.15 bits per heavy atom. The predicted octanol–water partition coefficient (Wildman–Crippen LogP) is -0.0638. The Kier molecular flexibility index (Phi) is 6.20. The molecule has 0 unspecified atom stereocenters. The van der Waals surface area contributed by atoms with Crippen LogP contribution in [-0.4, -0.2) is 17.0 Å². The third kappa shape index (κ3) is 3.26. The number of aromatic nitrogens is 1. The maximum absolute atomic E-state index is 13.0. The Bertz CT molecular complexity index is 1020. The van der Waals surface area contributed by atoms with E-state index in [9.17, 15) is 14.7 Å². The number of anilines is 1. The number of hydrogen-bond acceptors (Lipinski definition) is 3. The normalized spacial score (nSPS) is 10.4. The molecule has 0 aliphatic carbocycles. The number of rotatable bonds is 3. The van der Waals surface area contributed by atoms with Crippen molar-refractivity contribution in [1.82, 2.24) is 4.57 Å². The van der Waals surface area contributed by atoms with Crippen LogP contribution in [0.4, 0.5) is 5.69 Å². The van der Waals surface area contributed by atoms with Gasteiger partial charge in [0, 0.05) is 29.7 Å². The maximum atomic E-state index is 13.0. The van der Waals surface area contributed by atoms with Crippen LogP contribution < -0.4 is 34.4 Å². The molecule has 0 saturated carbocycles. The molecule has 0 aliphatic rings. The first-order valence-corrected chi connectivity index (χ1v) is 8.20. The molecule has 0 radical (unpaired) electrons. The number of carbonyl (C=O) groups is 1. The van der Waals surface area contributed by atoms with Crippen LogP contribution in [0, 0.1) is 0 Å². The molecule has 128 valence electrons. The van der Waals surface area contributed by atoms with E-state index in [2.05, 4.69) is 0 Å². The van der Waals surface area contributed by atoms with Crippen LogP contribution in [0.1, 0.15) is 17.3 Å². The standard InChI is InChI=1S/C19H17ClN2O3.Li/c1-3-22(12-8-5-4-6-9-12)19(25)16-17(23)15-13(20)10-7-11-14(15)21(2)18(16)24;/h4-11,23H,3H2,1-2H3;/q;+1/p-1. The second kappa shape index (κ2) is 8.01. The molecule has 0 atom stereocenters. The van der Waals surface area contributed by atoms with Gasteiger partial charge in [-0.15, -0.1) is 0 Å². The van der Waals surface area contributed by atoms with Gasteiger partial charge in [-0.2, -0.15) is 0 Å². The first-order valence-electron chi connectivity index (χ1n) is 7.82. The van der Waals surface area contributed by atoms with Crippen LogP contribution in [0.3, 0.4) is 0 Å². The van der Waals surface area contributed by atoms with Crippen molar-refractivity contribution in [3.63, 3.8) is 0 Å². The summed E-state index contributed by atoms with van der Waals surface area (Å²) in [6.07, 6.45) is 0. The van der Waals surface area contributed by atoms with Crippen molar-refractivity contribution in [2.75, 3.05) is 11.4 Å². The van der Waals surface area contributed by atoms with Gasteiger partial charge in [0.15, 0.2) is 0 Å². The molecule has 0 fully saturated rings. The first-order chi connectivity index (χ1) is 12.0. The van der Waals surface area contributed by atoms with Gasteiger partial charge in [-0.05, 0) is 31.2 Å². The van der Waals surface area contributed by atoms with Crippen LogP contribution in [0.2, 0.25) is 5.02 Å². The first kappa shape index (κ1) is 20.1. The number of pyridine rings is 1. The molecule has 5 nitrogen and oxygen atoms in total. The Morgan fingerprint density at radius 2 is 1.81 bits per heavy atom. The van der Waals surface area contributed by atoms with Crippen LogP contribution in [0.25, 0.3) is 10.9 Å². The zero-order chi connectivity index (χ0) is 18.1. The van der Waals surface area contributed by atoms with E-state index in [-0.39, 0.29) is 29.3 Å². The third-order valence-electron chi connectivity index (χ3n) is 4.17. The third-order valence-corrected chi connectivity index (χ3v) is 4.48. The van der Waals surface area contributed by atoms with Crippen LogP contribution in [-0.2, 0) is 7.05 Å². The van der Waals surface area contributed by atoms with E-state index in [1.165, 1.54) is 16.5 Å². The molecule has 1 aromatic heterocycles. The number of halogens is 1. The van der Waals surface area contributed by atoms with E-state index in [1.54, 1.807) is 49.4 Å². The summed E-state index contributed by atoms with van der Waals surface area (Å²) in [6.45, 7) is 2.11. The number of nitrogens with zero attached hydrogens (tertiary/aromatic N) is 2. The average molecular weight is 363 g/mol. The van der Waals surface area contributed by atoms with Gasteiger partial charge in [0.05, 0.1) is 11.1 Å². The molecule has 0 bridgehead atoms. The van der Waals surface area contributed by atoms with E-state index < -0.39 is 22.8 Å². The molecule has 0 aliphatic heterocycles. The number of benzene rings is 2. The minimum Gasteiger partial charge on any atom is -0.871 e. The van der Waals surface area contributed by atoms with Crippen LogP contribution >= 0.6 is 11.6 Å². The molecule has 26 heavy (non-hydrogen) atoms. The molecule has 2 aromatic carbocycles. The summed E-state index contributed by atoms with van der Waals surface area (Å²) in [6, 6.07) is 13.8. The van der Waals surface area contributed by atoms with Crippen LogP contribution in [0.5, 0.6) is 5.75 Å².